The highest BCUT2D eigenvalue weighted by atomic mass is 32.1. The molecule has 1 aliphatic rings. The Morgan fingerprint density at radius 2 is 1.91 bits per heavy atom. The van der Waals surface area contributed by atoms with Gasteiger partial charge in [-0.2, -0.15) is 5.10 Å². The van der Waals surface area contributed by atoms with Crippen molar-refractivity contribution in [2.24, 2.45) is 7.05 Å². The van der Waals surface area contributed by atoms with E-state index >= 15 is 0 Å². The number of carbonyl (C=O) groups excluding carboxylic acids is 1. The van der Waals surface area contributed by atoms with Crippen molar-refractivity contribution in [3.63, 3.8) is 0 Å². The van der Waals surface area contributed by atoms with Crippen LogP contribution in [0, 0.1) is 0 Å². The second-order valence-electron chi connectivity index (χ2n) is 7.78. The van der Waals surface area contributed by atoms with Gasteiger partial charge in [-0.05, 0) is 43.3 Å². The lowest BCUT2D eigenvalue weighted by atomic mass is 10.1. The molecular formula is C26H23N3O5S. The lowest BCUT2D eigenvalue weighted by Gasteiger charge is -2.18. The molecule has 3 heterocycles. The fourth-order valence-corrected chi connectivity index (χ4v) is 4.76. The van der Waals surface area contributed by atoms with Gasteiger partial charge in [0, 0.05) is 24.4 Å². The Bertz CT molecular complexity index is 1570. The normalized spacial score (nSPS) is 13.8. The van der Waals surface area contributed by atoms with Crippen LogP contribution in [0.15, 0.2) is 59.5 Å². The molecule has 0 unspecified atom stereocenters. The van der Waals surface area contributed by atoms with E-state index in [0.29, 0.717) is 39.6 Å². The molecule has 2 aromatic heterocycles. The molecule has 0 spiro atoms. The standard InChI is InChI=1S/C26H23N3O5S/c1-3-32-24(30)15-23-28(2)26(31)22(35-23)14-18-16-29(19-7-5-4-6-8-19)27-25(18)17-9-10-20-21(13-17)34-12-11-33-20/h4-10,13-16H,3,11-12H2,1-2H3. The van der Waals surface area contributed by atoms with Crippen LogP contribution in [-0.2, 0) is 16.6 Å². The number of benzene rings is 2. The van der Waals surface area contributed by atoms with Crippen LogP contribution in [0.1, 0.15) is 12.5 Å². The summed E-state index contributed by atoms with van der Waals surface area (Å²) < 4.78 is 20.6. The van der Waals surface area contributed by atoms with Crippen molar-refractivity contribution in [2.75, 3.05) is 19.8 Å². The zero-order valence-corrected chi connectivity index (χ0v) is 20.1. The van der Waals surface area contributed by atoms with Gasteiger partial charge >= 0.3 is 5.97 Å². The molecule has 0 atom stereocenters. The quantitative estimate of drug-likeness (QED) is 0.400. The van der Waals surface area contributed by atoms with E-state index < -0.39 is 5.97 Å². The molecular weight excluding hydrogens is 466 g/mol. The van der Waals surface area contributed by atoms with E-state index in [-0.39, 0.29) is 12.2 Å². The van der Waals surface area contributed by atoms with Gasteiger partial charge in [0.25, 0.3) is 5.56 Å². The molecule has 4 aromatic rings. The minimum atomic E-state index is -0.482. The zero-order valence-electron chi connectivity index (χ0n) is 19.3. The number of thiazole rings is 1. The predicted octanol–water partition coefficient (Wildman–Crippen LogP) is 2.24. The van der Waals surface area contributed by atoms with Gasteiger partial charge in [0.1, 0.15) is 23.6 Å². The number of nitrogens with zero attached hydrogens (tertiary/aromatic N) is 3. The van der Waals surface area contributed by atoms with E-state index in [4.69, 9.17) is 19.3 Å². The number of rotatable bonds is 5. The monoisotopic (exact) mass is 489 g/mol. The van der Waals surface area contributed by atoms with Gasteiger partial charge in [-0.1, -0.05) is 18.2 Å². The third-order valence-electron chi connectivity index (χ3n) is 5.45. The highest BCUT2D eigenvalue weighted by Gasteiger charge is 2.17. The van der Waals surface area contributed by atoms with Crippen molar-refractivity contribution in [1.82, 2.24) is 14.3 Å². The van der Waals surface area contributed by atoms with Crippen molar-refractivity contribution in [1.29, 1.82) is 0 Å². The number of hydrogen-bond acceptors (Lipinski definition) is 7. The van der Waals surface area contributed by atoms with E-state index in [1.807, 2.05) is 54.7 Å². The maximum atomic E-state index is 13.0. The van der Waals surface area contributed by atoms with Gasteiger partial charge in [-0.3, -0.25) is 4.79 Å². The molecule has 9 heteroatoms. The van der Waals surface area contributed by atoms with Crippen molar-refractivity contribution in [2.45, 2.75) is 6.92 Å². The van der Waals surface area contributed by atoms with Crippen molar-refractivity contribution in [3.8, 4) is 28.4 Å². The van der Waals surface area contributed by atoms with E-state index in [1.165, 1.54) is 22.0 Å². The predicted molar refractivity (Wildman–Crippen MR) is 133 cm³/mol. The molecule has 8 nitrogen and oxygen atoms in total. The molecule has 2 aromatic carbocycles. The summed E-state index contributed by atoms with van der Waals surface area (Å²) in [6, 6.07) is 15.4. The Kier molecular flexibility index (Phi) is 6.24. The molecule has 0 bridgehead atoms. The summed E-state index contributed by atoms with van der Waals surface area (Å²) >= 11 is 1.22. The number of fused-ring (bicyclic) bond motifs is 1. The first-order valence-corrected chi connectivity index (χ1v) is 12.0. The van der Waals surface area contributed by atoms with Crippen LogP contribution >= 0.6 is 11.3 Å². The summed E-state index contributed by atoms with van der Waals surface area (Å²) in [5.74, 6) is 0.872. The molecule has 5 rings (SSSR count). The van der Waals surface area contributed by atoms with Gasteiger partial charge in [0.05, 0.1) is 22.9 Å². The van der Waals surface area contributed by atoms with E-state index in [0.717, 1.165) is 16.8 Å². The smallest absolute Gasteiger partial charge is 0.333 e. The Hall–Kier alpha value is -4.11. The number of esters is 1. The van der Waals surface area contributed by atoms with Crippen LogP contribution in [0.3, 0.4) is 0 Å². The largest absolute Gasteiger partial charge is 0.486 e. The van der Waals surface area contributed by atoms with Crippen LogP contribution in [0.25, 0.3) is 29.1 Å². The van der Waals surface area contributed by atoms with Crippen LogP contribution in [0.4, 0.5) is 0 Å². The lowest BCUT2D eigenvalue weighted by molar-refractivity contribution is -0.135. The number of carbonyl (C=O) groups is 1. The lowest BCUT2D eigenvalue weighted by Crippen LogP contribution is -2.29. The fraction of sp³-hybridized carbons (Fsp3) is 0.192. The number of para-hydroxylation sites is 1. The van der Waals surface area contributed by atoms with Gasteiger partial charge in [0.2, 0.25) is 0 Å². The minimum Gasteiger partial charge on any atom is -0.486 e. The molecule has 0 fully saturated rings. The van der Waals surface area contributed by atoms with Crippen LogP contribution in [0.2, 0.25) is 0 Å². The highest BCUT2D eigenvalue weighted by molar-refractivity contribution is 7.07. The molecule has 178 valence electrons. The first-order chi connectivity index (χ1) is 17.0. The van der Waals surface area contributed by atoms with Crippen LogP contribution in [0.5, 0.6) is 11.5 Å². The van der Waals surface area contributed by atoms with E-state index in [2.05, 4.69) is 0 Å². The van der Waals surface area contributed by atoms with Crippen LogP contribution in [-0.4, -0.2) is 40.1 Å². The number of aromatic nitrogens is 3. The van der Waals surface area contributed by atoms with Gasteiger partial charge in [0.15, 0.2) is 11.5 Å². The summed E-state index contributed by atoms with van der Waals surface area (Å²) in [6.45, 7) is 3.01. The summed E-state index contributed by atoms with van der Waals surface area (Å²) in [7, 11) is 1.64. The minimum absolute atomic E-state index is 0.203. The molecule has 0 radical (unpaired) electrons. The van der Waals surface area contributed by atoms with Gasteiger partial charge in [-0.25, -0.2) is 9.48 Å². The summed E-state index contributed by atoms with van der Waals surface area (Å²) in [5, 5.41) is 4.83. The van der Waals surface area contributed by atoms with Gasteiger partial charge in [-0.15, -0.1) is 11.3 Å². The topological polar surface area (TPSA) is 84.6 Å². The maximum Gasteiger partial charge on any atom is 0.333 e. The molecule has 0 amide bonds. The summed E-state index contributed by atoms with van der Waals surface area (Å²) in [6.07, 6.45) is 5.02. The van der Waals surface area contributed by atoms with Crippen molar-refractivity contribution in [3.05, 3.63) is 79.8 Å². The fourth-order valence-electron chi connectivity index (χ4n) is 3.75. The Morgan fingerprint density at radius 1 is 1.14 bits per heavy atom. The van der Waals surface area contributed by atoms with Gasteiger partial charge < -0.3 is 18.8 Å². The Labute approximate surface area is 204 Å². The molecule has 0 N–H and O–H groups in total. The Morgan fingerprint density at radius 3 is 2.69 bits per heavy atom. The second-order valence-corrected chi connectivity index (χ2v) is 8.84. The molecule has 1 aliphatic heterocycles. The SMILES string of the molecule is CCOC(=O)C=c1sc(=Cc2cn(-c3ccccc3)nc2-c2ccc3c(c2)OCCO3)c(=O)n1C. The van der Waals surface area contributed by atoms with E-state index in [1.54, 1.807) is 24.7 Å². The van der Waals surface area contributed by atoms with E-state index in [9.17, 15) is 9.59 Å². The van der Waals surface area contributed by atoms with Crippen molar-refractivity contribution >= 4 is 29.5 Å². The summed E-state index contributed by atoms with van der Waals surface area (Å²) in [5.41, 5.74) is 2.97. The Balaban J connectivity index is 1.67. The maximum absolute atomic E-state index is 13.0. The molecule has 0 saturated carbocycles. The van der Waals surface area contributed by atoms with Crippen LogP contribution < -0.4 is 24.2 Å². The molecule has 0 saturated heterocycles. The van der Waals surface area contributed by atoms with Crippen molar-refractivity contribution < 1.29 is 19.0 Å². The summed E-state index contributed by atoms with van der Waals surface area (Å²) in [4.78, 5) is 24.9. The molecule has 0 aliphatic carbocycles. The second kappa shape index (κ2) is 9.63. The average Bonchev–Trinajstić information content (AvgIpc) is 3.41. The number of ether oxygens (including phenoxy) is 3. The zero-order chi connectivity index (χ0) is 24.4. The third-order valence-corrected chi connectivity index (χ3v) is 6.57. The first-order valence-electron chi connectivity index (χ1n) is 11.1. The molecule has 35 heavy (non-hydrogen) atoms. The third kappa shape index (κ3) is 4.63. The highest BCUT2D eigenvalue weighted by Crippen LogP contribution is 2.35. The average molecular weight is 490 g/mol. The first kappa shape index (κ1) is 22.7. The number of hydrogen-bond donors (Lipinski definition) is 0.